The fourth-order valence-corrected chi connectivity index (χ4v) is 2.24. The molecule has 10 heavy (non-hydrogen) atoms. The van der Waals surface area contributed by atoms with Crippen molar-refractivity contribution in [3.8, 4) is 0 Å². The van der Waals surface area contributed by atoms with Crippen LogP contribution in [0.1, 0.15) is 6.42 Å². The predicted octanol–water partition coefficient (Wildman–Crippen LogP) is 0.779. The molecule has 0 aromatic rings. The van der Waals surface area contributed by atoms with Crippen molar-refractivity contribution in [3.63, 3.8) is 0 Å². The maximum atomic E-state index is 5.66. The fraction of sp³-hybridized carbons (Fsp3) is 0.429. The van der Waals surface area contributed by atoms with Gasteiger partial charge in [-0.15, -0.1) is 11.8 Å². The van der Waals surface area contributed by atoms with Gasteiger partial charge in [0.05, 0.1) is 0 Å². The SMILES string of the molecule is NC1=CC=C2SCNC2C1. The fourth-order valence-electron chi connectivity index (χ4n) is 1.26. The third kappa shape index (κ3) is 0.954. The van der Waals surface area contributed by atoms with Crippen molar-refractivity contribution < 1.29 is 0 Å². The summed E-state index contributed by atoms with van der Waals surface area (Å²) in [5.41, 5.74) is 6.65. The van der Waals surface area contributed by atoms with E-state index >= 15 is 0 Å². The molecule has 2 nitrogen and oxygen atoms in total. The van der Waals surface area contributed by atoms with Gasteiger partial charge in [0.1, 0.15) is 0 Å². The van der Waals surface area contributed by atoms with Crippen molar-refractivity contribution in [3.05, 3.63) is 22.8 Å². The summed E-state index contributed by atoms with van der Waals surface area (Å²) in [6.07, 6.45) is 5.11. The molecule has 0 bridgehead atoms. The van der Waals surface area contributed by atoms with E-state index in [0.29, 0.717) is 6.04 Å². The Hall–Kier alpha value is -0.410. The van der Waals surface area contributed by atoms with Crippen LogP contribution in [0.25, 0.3) is 0 Å². The lowest BCUT2D eigenvalue weighted by atomic mass is 10.1. The minimum atomic E-state index is 0.523. The summed E-state index contributed by atoms with van der Waals surface area (Å²) < 4.78 is 0. The van der Waals surface area contributed by atoms with Crippen LogP contribution >= 0.6 is 11.8 Å². The quantitative estimate of drug-likeness (QED) is 0.541. The molecule has 1 saturated heterocycles. The van der Waals surface area contributed by atoms with E-state index in [1.54, 1.807) is 0 Å². The molecule has 1 heterocycles. The number of hydrogen-bond donors (Lipinski definition) is 2. The molecule has 1 aliphatic heterocycles. The summed E-state index contributed by atoms with van der Waals surface area (Å²) in [5.74, 6) is 1.04. The topological polar surface area (TPSA) is 38.0 Å². The third-order valence-corrected chi connectivity index (χ3v) is 2.88. The van der Waals surface area contributed by atoms with Gasteiger partial charge in [0.2, 0.25) is 0 Å². The summed E-state index contributed by atoms with van der Waals surface area (Å²) in [7, 11) is 0. The van der Waals surface area contributed by atoms with Gasteiger partial charge in [0, 0.05) is 28.9 Å². The van der Waals surface area contributed by atoms with E-state index in [4.69, 9.17) is 5.73 Å². The van der Waals surface area contributed by atoms with Crippen molar-refractivity contribution in [2.24, 2.45) is 5.73 Å². The normalized spacial score (nSPS) is 31.0. The lowest BCUT2D eigenvalue weighted by Crippen LogP contribution is -2.26. The van der Waals surface area contributed by atoms with Crippen LogP contribution in [-0.2, 0) is 0 Å². The van der Waals surface area contributed by atoms with Crippen molar-refractivity contribution in [2.75, 3.05) is 5.88 Å². The molecular formula is C7H10N2S. The Balaban J connectivity index is 2.22. The molecular weight excluding hydrogens is 144 g/mol. The van der Waals surface area contributed by atoms with Gasteiger partial charge >= 0.3 is 0 Å². The number of nitrogens with one attached hydrogen (secondary N) is 1. The molecule has 3 N–H and O–H groups in total. The average molecular weight is 154 g/mol. The van der Waals surface area contributed by atoms with E-state index in [-0.39, 0.29) is 0 Å². The van der Waals surface area contributed by atoms with Crippen LogP contribution in [-0.4, -0.2) is 11.9 Å². The van der Waals surface area contributed by atoms with Gasteiger partial charge in [-0.1, -0.05) is 0 Å². The zero-order chi connectivity index (χ0) is 6.97. The Labute approximate surface area is 64.6 Å². The molecule has 1 unspecified atom stereocenters. The van der Waals surface area contributed by atoms with Crippen LogP contribution in [0.4, 0.5) is 0 Å². The molecule has 3 heteroatoms. The Morgan fingerprint density at radius 2 is 2.50 bits per heavy atom. The van der Waals surface area contributed by atoms with E-state index in [9.17, 15) is 0 Å². The zero-order valence-electron chi connectivity index (χ0n) is 5.63. The molecule has 1 atom stereocenters. The lowest BCUT2D eigenvalue weighted by molar-refractivity contribution is 0.650. The molecule has 0 aromatic carbocycles. The van der Waals surface area contributed by atoms with Crippen molar-refractivity contribution in [1.82, 2.24) is 5.32 Å². The first-order valence-corrected chi connectivity index (χ1v) is 4.37. The standard InChI is InChI=1S/C7H10N2S/c8-5-1-2-7-6(3-5)9-4-10-7/h1-2,6,9H,3-4,8H2. The Morgan fingerprint density at radius 3 is 3.40 bits per heavy atom. The van der Waals surface area contributed by atoms with Crippen LogP contribution in [0.2, 0.25) is 0 Å². The summed E-state index contributed by atoms with van der Waals surface area (Å²) in [6.45, 7) is 0. The number of nitrogens with two attached hydrogens (primary N) is 1. The van der Waals surface area contributed by atoms with Gasteiger partial charge in [-0.25, -0.2) is 0 Å². The highest BCUT2D eigenvalue weighted by Gasteiger charge is 2.22. The second kappa shape index (κ2) is 2.32. The average Bonchev–Trinajstić information content (AvgIpc) is 2.33. The minimum absolute atomic E-state index is 0.523. The number of fused-ring (bicyclic) bond motifs is 1. The molecule has 2 aliphatic rings. The van der Waals surface area contributed by atoms with E-state index in [1.807, 2.05) is 17.8 Å². The Bertz CT molecular complexity index is 208. The lowest BCUT2D eigenvalue weighted by Gasteiger charge is -2.14. The van der Waals surface area contributed by atoms with Gasteiger partial charge < -0.3 is 5.73 Å². The van der Waals surface area contributed by atoms with Crippen LogP contribution in [0.3, 0.4) is 0 Å². The van der Waals surface area contributed by atoms with Crippen LogP contribution < -0.4 is 11.1 Å². The van der Waals surface area contributed by atoms with E-state index in [1.165, 1.54) is 4.91 Å². The van der Waals surface area contributed by atoms with Crippen molar-refractivity contribution in [2.45, 2.75) is 12.5 Å². The molecule has 54 valence electrons. The zero-order valence-corrected chi connectivity index (χ0v) is 6.45. The summed E-state index contributed by atoms with van der Waals surface area (Å²) in [4.78, 5) is 1.44. The maximum absolute atomic E-state index is 5.66. The number of thioether (sulfide) groups is 1. The van der Waals surface area contributed by atoms with Gasteiger partial charge in [0.15, 0.2) is 0 Å². The van der Waals surface area contributed by atoms with Gasteiger partial charge in [-0.3, -0.25) is 5.32 Å². The minimum Gasteiger partial charge on any atom is -0.402 e. The molecule has 0 saturated carbocycles. The second-order valence-corrected chi connectivity index (χ2v) is 3.61. The van der Waals surface area contributed by atoms with Crippen molar-refractivity contribution in [1.29, 1.82) is 0 Å². The second-order valence-electron chi connectivity index (χ2n) is 2.56. The first kappa shape index (κ1) is 6.31. The maximum Gasteiger partial charge on any atom is 0.0468 e. The highest BCUT2D eigenvalue weighted by Crippen LogP contribution is 2.30. The summed E-state index contributed by atoms with van der Waals surface area (Å²) >= 11 is 1.88. The molecule has 0 amide bonds. The Kier molecular flexibility index (Phi) is 1.47. The third-order valence-electron chi connectivity index (χ3n) is 1.81. The molecule has 0 spiro atoms. The Morgan fingerprint density at radius 1 is 1.60 bits per heavy atom. The van der Waals surface area contributed by atoms with Crippen LogP contribution in [0.15, 0.2) is 22.8 Å². The van der Waals surface area contributed by atoms with Gasteiger partial charge in [-0.05, 0) is 12.2 Å². The first-order valence-electron chi connectivity index (χ1n) is 3.38. The highest BCUT2D eigenvalue weighted by molar-refractivity contribution is 8.03. The number of allylic oxidation sites excluding steroid dienone is 2. The van der Waals surface area contributed by atoms with E-state index < -0.39 is 0 Å². The molecule has 0 aromatic heterocycles. The monoisotopic (exact) mass is 154 g/mol. The summed E-state index contributed by atoms with van der Waals surface area (Å²) in [5, 5.41) is 3.36. The van der Waals surface area contributed by atoms with E-state index in [0.717, 1.165) is 18.0 Å². The molecule has 2 rings (SSSR count). The van der Waals surface area contributed by atoms with Crippen molar-refractivity contribution >= 4 is 11.8 Å². The largest absolute Gasteiger partial charge is 0.402 e. The number of hydrogen-bond acceptors (Lipinski definition) is 3. The molecule has 1 fully saturated rings. The number of rotatable bonds is 0. The smallest absolute Gasteiger partial charge is 0.0468 e. The van der Waals surface area contributed by atoms with Gasteiger partial charge in [0.25, 0.3) is 0 Å². The van der Waals surface area contributed by atoms with Crippen LogP contribution in [0, 0.1) is 0 Å². The predicted molar refractivity (Wildman–Crippen MR) is 44.4 cm³/mol. The summed E-state index contributed by atoms with van der Waals surface area (Å²) in [6, 6.07) is 0.523. The highest BCUT2D eigenvalue weighted by atomic mass is 32.2. The first-order chi connectivity index (χ1) is 4.86. The molecule has 1 aliphatic carbocycles. The van der Waals surface area contributed by atoms with E-state index in [2.05, 4.69) is 11.4 Å². The molecule has 0 radical (unpaired) electrons. The van der Waals surface area contributed by atoms with Gasteiger partial charge in [-0.2, -0.15) is 0 Å². The van der Waals surface area contributed by atoms with Crippen LogP contribution in [0.5, 0.6) is 0 Å².